The molecule has 1 aromatic rings. The van der Waals surface area contributed by atoms with Crippen molar-refractivity contribution in [1.82, 2.24) is 0 Å². The van der Waals surface area contributed by atoms with E-state index in [1.807, 2.05) is 25.1 Å². The fraction of sp³-hybridized carbons (Fsp3) is 0.462. The zero-order valence-electron chi connectivity index (χ0n) is 10.3. The lowest BCUT2D eigenvalue weighted by Gasteiger charge is -2.33. The first kappa shape index (κ1) is 11.9. The normalized spacial score (nSPS) is 18.9. The standard InChI is InChI=1S/C13H18N2O2/c1-9-4-5-12-11(8-9)15(7-3-6-14)13(16)10(2)17-12/h4-5,8,10H,3,6-7,14H2,1-2H3. The fourth-order valence-electron chi connectivity index (χ4n) is 2.00. The number of carbonyl (C=O) groups excluding carboxylic acids is 1. The van der Waals surface area contributed by atoms with Gasteiger partial charge in [0, 0.05) is 6.54 Å². The number of aryl methyl sites for hydroxylation is 1. The Kier molecular flexibility index (Phi) is 3.33. The van der Waals surface area contributed by atoms with E-state index in [-0.39, 0.29) is 5.91 Å². The van der Waals surface area contributed by atoms with Crippen LogP contribution in [0.15, 0.2) is 18.2 Å². The topological polar surface area (TPSA) is 55.6 Å². The van der Waals surface area contributed by atoms with E-state index in [0.717, 1.165) is 23.4 Å². The highest BCUT2D eigenvalue weighted by Gasteiger charge is 2.30. The van der Waals surface area contributed by atoms with E-state index in [2.05, 4.69) is 0 Å². The van der Waals surface area contributed by atoms with E-state index in [0.29, 0.717) is 13.1 Å². The third-order valence-corrected chi connectivity index (χ3v) is 2.91. The van der Waals surface area contributed by atoms with Crippen molar-refractivity contribution in [2.24, 2.45) is 5.73 Å². The average Bonchev–Trinajstić information content (AvgIpc) is 2.31. The molecule has 2 N–H and O–H groups in total. The number of rotatable bonds is 3. The van der Waals surface area contributed by atoms with Crippen molar-refractivity contribution in [2.75, 3.05) is 18.0 Å². The Morgan fingerprint density at radius 3 is 2.94 bits per heavy atom. The van der Waals surface area contributed by atoms with E-state index >= 15 is 0 Å². The Balaban J connectivity index is 2.36. The van der Waals surface area contributed by atoms with Gasteiger partial charge in [0.05, 0.1) is 5.69 Å². The number of nitrogens with two attached hydrogens (primary N) is 1. The predicted molar refractivity (Wildman–Crippen MR) is 67.3 cm³/mol. The van der Waals surface area contributed by atoms with Gasteiger partial charge in [-0.25, -0.2) is 0 Å². The van der Waals surface area contributed by atoms with Crippen LogP contribution >= 0.6 is 0 Å². The Morgan fingerprint density at radius 2 is 2.24 bits per heavy atom. The summed E-state index contributed by atoms with van der Waals surface area (Å²) in [5.74, 6) is 0.788. The number of hydrogen-bond donors (Lipinski definition) is 1. The summed E-state index contributed by atoms with van der Waals surface area (Å²) in [6.07, 6.45) is 0.384. The van der Waals surface area contributed by atoms with Crippen LogP contribution in [0.2, 0.25) is 0 Å². The minimum absolute atomic E-state index is 0.0107. The fourth-order valence-corrected chi connectivity index (χ4v) is 2.00. The van der Waals surface area contributed by atoms with E-state index < -0.39 is 6.10 Å². The van der Waals surface area contributed by atoms with Crippen LogP contribution in [0.1, 0.15) is 18.9 Å². The molecule has 92 valence electrons. The van der Waals surface area contributed by atoms with Gasteiger partial charge < -0.3 is 15.4 Å². The second-order valence-electron chi connectivity index (χ2n) is 4.36. The number of ether oxygens (including phenoxy) is 1. The van der Waals surface area contributed by atoms with Crippen molar-refractivity contribution >= 4 is 11.6 Å². The van der Waals surface area contributed by atoms with Gasteiger partial charge in [-0.05, 0) is 44.5 Å². The molecule has 0 saturated carbocycles. The van der Waals surface area contributed by atoms with Crippen molar-refractivity contribution < 1.29 is 9.53 Å². The maximum absolute atomic E-state index is 12.1. The zero-order valence-corrected chi connectivity index (χ0v) is 10.3. The van der Waals surface area contributed by atoms with E-state index in [4.69, 9.17) is 10.5 Å². The summed E-state index contributed by atoms with van der Waals surface area (Å²) >= 11 is 0. The second-order valence-corrected chi connectivity index (χ2v) is 4.36. The monoisotopic (exact) mass is 234 g/mol. The van der Waals surface area contributed by atoms with Gasteiger partial charge in [-0.2, -0.15) is 0 Å². The molecule has 17 heavy (non-hydrogen) atoms. The average molecular weight is 234 g/mol. The number of amides is 1. The molecule has 1 heterocycles. The summed E-state index contributed by atoms with van der Waals surface area (Å²) in [5, 5.41) is 0. The van der Waals surface area contributed by atoms with Gasteiger partial charge in [-0.15, -0.1) is 0 Å². The van der Waals surface area contributed by atoms with E-state index in [1.54, 1.807) is 11.8 Å². The third kappa shape index (κ3) is 2.26. The number of benzene rings is 1. The molecule has 0 fully saturated rings. The highest BCUT2D eigenvalue weighted by atomic mass is 16.5. The second kappa shape index (κ2) is 4.75. The Hall–Kier alpha value is -1.55. The minimum Gasteiger partial charge on any atom is -0.479 e. The molecule has 4 heteroatoms. The smallest absolute Gasteiger partial charge is 0.267 e. The van der Waals surface area contributed by atoms with Gasteiger partial charge in [0.15, 0.2) is 6.10 Å². The van der Waals surface area contributed by atoms with Crippen LogP contribution in [0.25, 0.3) is 0 Å². The summed E-state index contributed by atoms with van der Waals surface area (Å²) in [6, 6.07) is 5.89. The molecule has 0 spiro atoms. The quantitative estimate of drug-likeness (QED) is 0.861. The Bertz CT molecular complexity index is 431. The Morgan fingerprint density at radius 1 is 1.47 bits per heavy atom. The van der Waals surface area contributed by atoms with Gasteiger partial charge in [0.25, 0.3) is 5.91 Å². The van der Waals surface area contributed by atoms with Crippen LogP contribution in [0.4, 0.5) is 5.69 Å². The van der Waals surface area contributed by atoms with Crippen molar-refractivity contribution in [3.63, 3.8) is 0 Å². The summed E-state index contributed by atoms with van der Waals surface area (Å²) < 4.78 is 5.59. The lowest BCUT2D eigenvalue weighted by atomic mass is 10.1. The van der Waals surface area contributed by atoms with Crippen molar-refractivity contribution in [2.45, 2.75) is 26.4 Å². The molecule has 1 aromatic carbocycles. The molecular weight excluding hydrogens is 216 g/mol. The summed E-state index contributed by atoms with van der Waals surface area (Å²) in [7, 11) is 0. The van der Waals surface area contributed by atoms with Crippen LogP contribution in [0.3, 0.4) is 0 Å². The molecule has 0 saturated heterocycles. The highest BCUT2D eigenvalue weighted by Crippen LogP contribution is 2.34. The molecule has 1 unspecified atom stereocenters. The number of hydrogen-bond acceptors (Lipinski definition) is 3. The SMILES string of the molecule is Cc1ccc2c(c1)N(CCCN)C(=O)C(C)O2. The summed E-state index contributed by atoms with van der Waals surface area (Å²) in [5.41, 5.74) is 7.49. The lowest BCUT2D eigenvalue weighted by Crippen LogP contribution is -2.45. The molecule has 0 bridgehead atoms. The number of fused-ring (bicyclic) bond motifs is 1. The lowest BCUT2D eigenvalue weighted by molar-refractivity contribution is -0.125. The first-order chi connectivity index (χ1) is 8.13. The van der Waals surface area contributed by atoms with E-state index in [1.165, 1.54) is 0 Å². The molecule has 4 nitrogen and oxygen atoms in total. The van der Waals surface area contributed by atoms with Crippen molar-refractivity contribution in [3.05, 3.63) is 23.8 Å². The molecule has 0 radical (unpaired) electrons. The largest absolute Gasteiger partial charge is 0.479 e. The number of anilines is 1. The minimum atomic E-state index is -0.414. The van der Waals surface area contributed by atoms with Crippen LogP contribution in [0, 0.1) is 6.92 Å². The number of carbonyl (C=O) groups is 1. The molecule has 1 amide bonds. The van der Waals surface area contributed by atoms with Gasteiger partial charge in [-0.3, -0.25) is 4.79 Å². The van der Waals surface area contributed by atoms with Gasteiger partial charge >= 0.3 is 0 Å². The maximum Gasteiger partial charge on any atom is 0.267 e. The van der Waals surface area contributed by atoms with Gasteiger partial charge in [0.1, 0.15) is 5.75 Å². The van der Waals surface area contributed by atoms with Crippen molar-refractivity contribution in [3.8, 4) is 5.75 Å². The molecule has 2 rings (SSSR count). The predicted octanol–water partition coefficient (Wildman–Crippen LogP) is 1.46. The zero-order chi connectivity index (χ0) is 12.4. The highest BCUT2D eigenvalue weighted by molar-refractivity contribution is 5.99. The Labute approximate surface area is 101 Å². The van der Waals surface area contributed by atoms with Crippen LogP contribution in [-0.2, 0) is 4.79 Å². The summed E-state index contributed by atoms with van der Waals surface area (Å²) in [6.45, 7) is 5.02. The maximum atomic E-state index is 12.1. The third-order valence-electron chi connectivity index (χ3n) is 2.91. The molecule has 1 atom stereocenters. The molecule has 1 aliphatic heterocycles. The number of nitrogens with zero attached hydrogens (tertiary/aromatic N) is 1. The van der Waals surface area contributed by atoms with E-state index in [9.17, 15) is 4.79 Å². The van der Waals surface area contributed by atoms with Crippen LogP contribution in [-0.4, -0.2) is 25.1 Å². The molecule has 0 aromatic heterocycles. The molecule has 1 aliphatic rings. The first-order valence-corrected chi connectivity index (χ1v) is 5.92. The van der Waals surface area contributed by atoms with Crippen LogP contribution in [0.5, 0.6) is 5.75 Å². The van der Waals surface area contributed by atoms with Crippen LogP contribution < -0.4 is 15.4 Å². The first-order valence-electron chi connectivity index (χ1n) is 5.92. The summed E-state index contributed by atoms with van der Waals surface area (Å²) in [4.78, 5) is 13.8. The van der Waals surface area contributed by atoms with Gasteiger partial charge in [-0.1, -0.05) is 6.07 Å². The van der Waals surface area contributed by atoms with Crippen molar-refractivity contribution in [1.29, 1.82) is 0 Å². The molecular formula is C13H18N2O2. The molecule has 0 aliphatic carbocycles. The van der Waals surface area contributed by atoms with Gasteiger partial charge in [0.2, 0.25) is 0 Å².